The summed E-state index contributed by atoms with van der Waals surface area (Å²) in [5, 5.41) is 14.4. The van der Waals surface area contributed by atoms with Gasteiger partial charge in [0.1, 0.15) is 4.92 Å². The SMILES string of the molecule is Nc1noc(-c2ccc([N+](=O)[O-])o2)c1-c1cccc(Br)c1. The molecule has 106 valence electrons. The Morgan fingerprint density at radius 3 is 2.76 bits per heavy atom. The Bertz CT molecular complexity index is 824. The first-order chi connectivity index (χ1) is 10.1. The molecule has 0 spiro atoms. The molecular weight excluding hydrogens is 342 g/mol. The van der Waals surface area contributed by atoms with Gasteiger partial charge in [-0.3, -0.25) is 10.1 Å². The Kier molecular flexibility index (Phi) is 3.22. The van der Waals surface area contributed by atoms with Crippen molar-refractivity contribution in [2.24, 2.45) is 0 Å². The Balaban J connectivity index is 2.14. The van der Waals surface area contributed by atoms with E-state index in [-0.39, 0.29) is 23.2 Å². The molecule has 2 heterocycles. The van der Waals surface area contributed by atoms with E-state index in [4.69, 9.17) is 14.7 Å². The lowest BCUT2D eigenvalue weighted by Crippen LogP contribution is -1.88. The summed E-state index contributed by atoms with van der Waals surface area (Å²) in [5.41, 5.74) is 7.12. The van der Waals surface area contributed by atoms with E-state index in [2.05, 4.69) is 21.1 Å². The molecule has 0 aliphatic rings. The first-order valence-electron chi connectivity index (χ1n) is 5.82. The molecule has 0 fully saturated rings. The standard InChI is InChI=1S/C13H8BrN3O4/c14-8-3-1-2-7(6-8)11-12(21-16-13(11)15)9-4-5-10(20-9)17(18)19/h1-6H,(H2,15,16). The van der Waals surface area contributed by atoms with Crippen molar-refractivity contribution in [3.8, 4) is 22.6 Å². The average molecular weight is 350 g/mol. The normalized spacial score (nSPS) is 10.7. The molecule has 1 aromatic carbocycles. The number of furan rings is 1. The molecule has 7 nitrogen and oxygen atoms in total. The molecule has 0 atom stereocenters. The summed E-state index contributed by atoms with van der Waals surface area (Å²) >= 11 is 3.37. The molecular formula is C13H8BrN3O4. The number of anilines is 1. The van der Waals surface area contributed by atoms with E-state index in [0.717, 1.165) is 10.0 Å². The Morgan fingerprint density at radius 1 is 1.29 bits per heavy atom. The van der Waals surface area contributed by atoms with Gasteiger partial charge in [-0.2, -0.15) is 0 Å². The van der Waals surface area contributed by atoms with Crippen molar-refractivity contribution in [2.75, 3.05) is 5.73 Å². The van der Waals surface area contributed by atoms with Crippen LogP contribution in [0.5, 0.6) is 0 Å². The molecule has 2 N–H and O–H groups in total. The molecule has 0 saturated heterocycles. The van der Waals surface area contributed by atoms with Crippen LogP contribution in [0.15, 0.2) is 49.8 Å². The van der Waals surface area contributed by atoms with Crippen molar-refractivity contribution >= 4 is 27.6 Å². The maximum atomic E-state index is 10.7. The van der Waals surface area contributed by atoms with E-state index in [1.165, 1.54) is 12.1 Å². The lowest BCUT2D eigenvalue weighted by Gasteiger charge is -2.01. The largest absolute Gasteiger partial charge is 0.433 e. The van der Waals surface area contributed by atoms with Gasteiger partial charge in [-0.1, -0.05) is 33.2 Å². The number of halogens is 1. The zero-order chi connectivity index (χ0) is 15.0. The number of aromatic nitrogens is 1. The van der Waals surface area contributed by atoms with Crippen LogP contribution in [-0.2, 0) is 0 Å². The molecule has 0 aliphatic carbocycles. The van der Waals surface area contributed by atoms with E-state index < -0.39 is 4.92 Å². The topological polar surface area (TPSA) is 108 Å². The monoisotopic (exact) mass is 349 g/mol. The van der Waals surface area contributed by atoms with Crippen LogP contribution in [0, 0.1) is 10.1 Å². The minimum atomic E-state index is -0.623. The summed E-state index contributed by atoms with van der Waals surface area (Å²) < 4.78 is 11.2. The third-order valence-electron chi connectivity index (χ3n) is 2.83. The van der Waals surface area contributed by atoms with Crippen LogP contribution in [0.3, 0.4) is 0 Å². The van der Waals surface area contributed by atoms with Crippen molar-refractivity contribution in [3.05, 3.63) is 51.0 Å². The number of nitrogen functional groups attached to an aromatic ring is 1. The van der Waals surface area contributed by atoms with Gasteiger partial charge in [0, 0.05) is 4.47 Å². The van der Waals surface area contributed by atoms with Crippen LogP contribution >= 0.6 is 15.9 Å². The van der Waals surface area contributed by atoms with E-state index in [0.29, 0.717) is 5.56 Å². The maximum absolute atomic E-state index is 10.7. The molecule has 0 saturated carbocycles. The van der Waals surface area contributed by atoms with Gasteiger partial charge in [-0.25, -0.2) is 0 Å². The van der Waals surface area contributed by atoms with Crippen molar-refractivity contribution in [3.63, 3.8) is 0 Å². The Labute approximate surface area is 126 Å². The fourth-order valence-electron chi connectivity index (χ4n) is 1.94. The average Bonchev–Trinajstić information content (AvgIpc) is 3.05. The maximum Gasteiger partial charge on any atom is 0.433 e. The van der Waals surface area contributed by atoms with E-state index in [9.17, 15) is 10.1 Å². The number of hydrogen-bond acceptors (Lipinski definition) is 6. The molecule has 0 unspecified atom stereocenters. The fraction of sp³-hybridized carbons (Fsp3) is 0. The van der Waals surface area contributed by atoms with Crippen LogP contribution in [0.1, 0.15) is 0 Å². The number of nitrogens with two attached hydrogens (primary N) is 1. The summed E-state index contributed by atoms with van der Waals surface area (Å²) in [6.45, 7) is 0. The Morgan fingerprint density at radius 2 is 2.10 bits per heavy atom. The van der Waals surface area contributed by atoms with Gasteiger partial charge < -0.3 is 14.7 Å². The number of nitrogens with zero attached hydrogens (tertiary/aromatic N) is 2. The zero-order valence-corrected chi connectivity index (χ0v) is 12.0. The van der Waals surface area contributed by atoms with Crippen LogP contribution in [0.2, 0.25) is 0 Å². The van der Waals surface area contributed by atoms with Crippen molar-refractivity contribution in [2.45, 2.75) is 0 Å². The quantitative estimate of drug-likeness (QED) is 0.568. The van der Waals surface area contributed by atoms with Gasteiger partial charge in [0.2, 0.25) is 5.76 Å². The fourth-order valence-corrected chi connectivity index (χ4v) is 2.34. The van der Waals surface area contributed by atoms with E-state index in [1.807, 2.05) is 24.3 Å². The molecule has 3 rings (SSSR count). The molecule has 2 aromatic heterocycles. The summed E-state index contributed by atoms with van der Waals surface area (Å²) in [4.78, 5) is 10.1. The summed E-state index contributed by atoms with van der Waals surface area (Å²) in [5.74, 6) is 0.252. The summed E-state index contributed by atoms with van der Waals surface area (Å²) in [6.07, 6.45) is 0. The molecule has 0 aliphatic heterocycles. The zero-order valence-electron chi connectivity index (χ0n) is 10.4. The smallest absolute Gasteiger partial charge is 0.397 e. The predicted molar refractivity (Wildman–Crippen MR) is 78.4 cm³/mol. The number of benzene rings is 1. The van der Waals surface area contributed by atoms with E-state index in [1.54, 1.807) is 0 Å². The number of nitro groups is 1. The van der Waals surface area contributed by atoms with Crippen molar-refractivity contribution in [1.82, 2.24) is 5.16 Å². The van der Waals surface area contributed by atoms with Crippen LogP contribution in [-0.4, -0.2) is 10.1 Å². The highest BCUT2D eigenvalue weighted by Crippen LogP contribution is 2.38. The third kappa shape index (κ3) is 2.40. The van der Waals surface area contributed by atoms with Crippen LogP contribution in [0.25, 0.3) is 22.6 Å². The van der Waals surface area contributed by atoms with Gasteiger partial charge >= 0.3 is 5.88 Å². The number of hydrogen-bond donors (Lipinski definition) is 1. The predicted octanol–water partition coefficient (Wildman–Crippen LogP) is 3.85. The minimum Gasteiger partial charge on any atom is -0.397 e. The second-order valence-corrected chi connectivity index (χ2v) is 5.09. The molecule has 3 aromatic rings. The van der Waals surface area contributed by atoms with E-state index >= 15 is 0 Å². The first kappa shape index (κ1) is 13.4. The minimum absolute atomic E-state index is 0.183. The first-order valence-corrected chi connectivity index (χ1v) is 6.61. The highest BCUT2D eigenvalue weighted by atomic mass is 79.9. The second-order valence-electron chi connectivity index (χ2n) is 4.18. The van der Waals surface area contributed by atoms with Crippen LogP contribution < -0.4 is 5.73 Å². The summed E-state index contributed by atoms with van der Waals surface area (Å²) in [7, 11) is 0. The van der Waals surface area contributed by atoms with Crippen molar-refractivity contribution < 1.29 is 13.9 Å². The Hall–Kier alpha value is -2.61. The highest BCUT2D eigenvalue weighted by Gasteiger charge is 2.23. The highest BCUT2D eigenvalue weighted by molar-refractivity contribution is 9.10. The third-order valence-corrected chi connectivity index (χ3v) is 3.32. The van der Waals surface area contributed by atoms with Gasteiger partial charge in [0.15, 0.2) is 11.6 Å². The molecule has 8 heteroatoms. The second kappa shape index (κ2) is 5.06. The number of rotatable bonds is 3. The van der Waals surface area contributed by atoms with Gasteiger partial charge in [-0.05, 0) is 23.8 Å². The molecule has 21 heavy (non-hydrogen) atoms. The summed E-state index contributed by atoms with van der Waals surface area (Å²) in [6, 6.07) is 10.1. The van der Waals surface area contributed by atoms with Gasteiger partial charge in [0.25, 0.3) is 0 Å². The molecule has 0 bridgehead atoms. The van der Waals surface area contributed by atoms with Gasteiger partial charge in [0.05, 0.1) is 11.6 Å². The van der Waals surface area contributed by atoms with Gasteiger partial charge in [-0.15, -0.1) is 0 Å². The molecule has 0 amide bonds. The molecule has 0 radical (unpaired) electrons. The van der Waals surface area contributed by atoms with Crippen LogP contribution in [0.4, 0.5) is 11.7 Å². The van der Waals surface area contributed by atoms with Crippen molar-refractivity contribution in [1.29, 1.82) is 0 Å². The lowest BCUT2D eigenvalue weighted by atomic mass is 10.1. The lowest BCUT2D eigenvalue weighted by molar-refractivity contribution is -0.401.